The van der Waals surface area contributed by atoms with Crippen LogP contribution in [0.5, 0.6) is 0 Å². The molecule has 0 aliphatic heterocycles. The first kappa shape index (κ1) is 44.8. The number of unbranched alkanes of at least 4 members (excludes halogenated alkanes) is 8. The zero-order chi connectivity index (χ0) is 27.7. The van der Waals surface area contributed by atoms with Crippen LogP contribution in [0.1, 0.15) is 92.1 Å². The fraction of sp³-hybridized carbons (Fsp3) is 0.640. The molecule has 38 heavy (non-hydrogen) atoms. The maximum absolute atomic E-state index is 12.0. The van der Waals surface area contributed by atoms with E-state index in [0.717, 1.165) is 19.3 Å². The Morgan fingerprint density at radius 3 is 1.89 bits per heavy atom. The van der Waals surface area contributed by atoms with Crippen LogP contribution in [0.3, 0.4) is 0 Å². The topological polar surface area (TPSA) is 142 Å². The Morgan fingerprint density at radius 2 is 1.39 bits per heavy atom. The number of phosphoric ester groups is 1. The molecule has 0 aromatic heterocycles. The molecule has 0 N–H and O–H groups in total. The van der Waals surface area contributed by atoms with E-state index in [1.54, 1.807) is 6.92 Å². The molecule has 0 spiro atoms. The van der Waals surface area contributed by atoms with E-state index in [9.17, 15) is 28.7 Å². The summed E-state index contributed by atoms with van der Waals surface area (Å²) in [6.07, 6.45) is 8.63. The second kappa shape index (κ2) is 31.3. The summed E-state index contributed by atoms with van der Waals surface area (Å²) in [7, 11) is -5.27. The summed E-state index contributed by atoms with van der Waals surface area (Å²) in [5.41, 5.74) is 0. The van der Waals surface area contributed by atoms with Crippen LogP contribution in [-0.4, -0.2) is 36.4 Å². The zero-order valence-corrected chi connectivity index (χ0v) is 28.9. The third-order valence-electron chi connectivity index (χ3n) is 4.08. The molecule has 0 aromatic carbocycles. The van der Waals surface area contributed by atoms with E-state index < -0.39 is 39.1 Å². The summed E-state index contributed by atoms with van der Waals surface area (Å²) in [5, 5.41) is -0.139. The van der Waals surface area contributed by atoms with Gasteiger partial charge < -0.3 is 28.3 Å². The SMILES string of the molecule is CC#CC#CC#CC(=O)OC[C@H](COP(=O)([O-])[O-])OC(=O)CCCCCCCCCCC.CC(=O)S.[HH].[HH].[HH].[HH].[HH].[Na+].[Na+]. The Labute approximate surface area is 284 Å². The largest absolute Gasteiger partial charge is 1.00 e. The van der Waals surface area contributed by atoms with E-state index >= 15 is 0 Å². The Balaban J connectivity index is -0.000000141. The van der Waals surface area contributed by atoms with Gasteiger partial charge in [-0.25, -0.2) is 4.79 Å². The summed E-state index contributed by atoms with van der Waals surface area (Å²) in [5.74, 6) is 12.4. The summed E-state index contributed by atoms with van der Waals surface area (Å²) in [6, 6.07) is 0. The third kappa shape index (κ3) is 40.2. The first-order chi connectivity index (χ1) is 17.0. The van der Waals surface area contributed by atoms with Crippen LogP contribution in [0.25, 0.3) is 0 Å². The van der Waals surface area contributed by atoms with E-state index in [2.05, 4.69) is 59.6 Å². The summed E-state index contributed by atoms with van der Waals surface area (Å²) < 4.78 is 24.7. The quantitative estimate of drug-likeness (QED) is 0.0404. The first-order valence-corrected chi connectivity index (χ1v) is 13.6. The minimum atomic E-state index is -5.27. The summed E-state index contributed by atoms with van der Waals surface area (Å²) in [4.78, 5) is 54.3. The average Bonchev–Trinajstić information content (AvgIpc) is 2.78. The van der Waals surface area contributed by atoms with Crippen LogP contribution < -0.4 is 68.9 Å². The van der Waals surface area contributed by atoms with Gasteiger partial charge in [-0.05, 0) is 37.0 Å². The fourth-order valence-corrected chi connectivity index (χ4v) is 2.88. The minimum Gasteiger partial charge on any atom is -0.790 e. The molecular weight excluding hydrogens is 553 g/mol. The van der Waals surface area contributed by atoms with Crippen LogP contribution >= 0.6 is 20.5 Å². The number of hydrogen-bond acceptors (Lipinski definition) is 9. The Bertz CT molecular complexity index is 908. The second-order valence-electron chi connectivity index (χ2n) is 7.43. The van der Waals surface area contributed by atoms with Gasteiger partial charge in [-0.1, -0.05) is 64.2 Å². The number of ether oxygens (including phenoxy) is 2. The first-order valence-electron chi connectivity index (χ1n) is 11.7. The van der Waals surface area contributed by atoms with Crippen molar-refractivity contribution in [2.24, 2.45) is 0 Å². The molecule has 13 heteroatoms. The molecule has 1 atom stereocenters. The van der Waals surface area contributed by atoms with E-state index in [4.69, 9.17) is 9.47 Å². The zero-order valence-electron chi connectivity index (χ0n) is 23.1. The molecule has 0 aliphatic carbocycles. The van der Waals surface area contributed by atoms with Crippen LogP contribution in [0.2, 0.25) is 0 Å². The molecule has 0 aromatic rings. The number of hydrogen-bond donors (Lipinski definition) is 1. The van der Waals surface area contributed by atoms with Crippen molar-refractivity contribution in [2.45, 2.75) is 91.1 Å². The van der Waals surface area contributed by atoms with Crippen molar-refractivity contribution in [2.75, 3.05) is 13.2 Å². The molecule has 0 heterocycles. The maximum Gasteiger partial charge on any atom is 1.00 e. The molecule has 0 amide bonds. The van der Waals surface area contributed by atoms with Gasteiger partial charge >= 0.3 is 71.1 Å². The van der Waals surface area contributed by atoms with Crippen LogP contribution in [0.4, 0.5) is 0 Å². The standard InChI is InChI=1S/C23H33O8P.C2H4OS.2Na.5H2/c1-3-5-7-9-10-11-12-14-16-18-23(25)31-21(20-30-32(26,27)28)19-29-22(24)17-15-13-8-6-4-2;1-2(3)4;;;;;;;/h21H,3,5,7,9-12,14,16,18-20H2,1-2H3,(H2,26,27,28);1H3,(H,3,4);;;5*1H/q;;2*+1;;;;;/p-2/t21-;;;;;;;;/m1......../s1. The number of carbonyl (C=O) groups is 3. The smallest absolute Gasteiger partial charge is 0.790 e. The van der Waals surface area contributed by atoms with E-state index in [-0.39, 0.29) is 77.8 Å². The molecule has 0 aliphatic rings. The van der Waals surface area contributed by atoms with Gasteiger partial charge in [-0.2, -0.15) is 0 Å². The number of esters is 2. The molecule has 0 fully saturated rings. The predicted octanol–water partition coefficient (Wildman–Crippen LogP) is -2.06. The summed E-state index contributed by atoms with van der Waals surface area (Å²) >= 11 is 3.33. The molecule has 0 saturated carbocycles. The van der Waals surface area contributed by atoms with E-state index in [0.29, 0.717) is 6.42 Å². The number of carbonyl (C=O) groups excluding carboxylic acids is 3. The number of rotatable bonds is 16. The van der Waals surface area contributed by atoms with Crippen LogP contribution in [-0.2, 0) is 32.9 Å². The Morgan fingerprint density at radius 1 is 0.895 bits per heavy atom. The van der Waals surface area contributed by atoms with Crippen molar-refractivity contribution in [3.8, 4) is 35.5 Å². The number of thiol groups is 1. The van der Waals surface area contributed by atoms with Gasteiger partial charge in [0.2, 0.25) is 0 Å². The van der Waals surface area contributed by atoms with Gasteiger partial charge in [0, 0.05) is 26.4 Å². The molecule has 0 bridgehead atoms. The van der Waals surface area contributed by atoms with Gasteiger partial charge in [0.15, 0.2) is 11.2 Å². The van der Waals surface area contributed by atoms with Crippen LogP contribution in [0.15, 0.2) is 0 Å². The molecule has 0 radical (unpaired) electrons. The van der Waals surface area contributed by atoms with Crippen molar-refractivity contribution in [3.05, 3.63) is 0 Å². The second-order valence-corrected chi connectivity index (χ2v) is 9.21. The van der Waals surface area contributed by atoms with Crippen molar-refractivity contribution in [1.82, 2.24) is 0 Å². The normalized spacial score (nSPS) is 9.95. The van der Waals surface area contributed by atoms with Crippen molar-refractivity contribution >= 4 is 37.5 Å². The fourth-order valence-electron chi connectivity index (χ4n) is 2.53. The Hall–Kier alpha value is -0.250. The third-order valence-corrected chi connectivity index (χ3v) is 4.54. The molecule has 0 rings (SSSR count). The molecule has 0 unspecified atom stereocenters. The predicted molar refractivity (Wildman–Crippen MR) is 145 cm³/mol. The monoisotopic (exact) mass is 598 g/mol. The maximum atomic E-state index is 12.0. The van der Waals surface area contributed by atoms with Crippen molar-refractivity contribution < 1.29 is 109 Å². The average molecular weight is 599 g/mol. The molecular formula is C25H45Na2O9PS. The summed E-state index contributed by atoms with van der Waals surface area (Å²) in [6.45, 7) is 3.90. The number of phosphoric acid groups is 1. The molecule has 212 valence electrons. The van der Waals surface area contributed by atoms with Crippen molar-refractivity contribution in [1.29, 1.82) is 0 Å². The van der Waals surface area contributed by atoms with Gasteiger partial charge in [-0.15, -0.1) is 12.6 Å². The minimum absolute atomic E-state index is 0. The molecule has 0 saturated heterocycles. The van der Waals surface area contributed by atoms with Gasteiger partial charge in [0.25, 0.3) is 0 Å². The van der Waals surface area contributed by atoms with E-state index in [1.165, 1.54) is 39.0 Å². The van der Waals surface area contributed by atoms with Gasteiger partial charge in [0.05, 0.1) is 14.4 Å². The van der Waals surface area contributed by atoms with Crippen molar-refractivity contribution in [3.63, 3.8) is 0 Å². The van der Waals surface area contributed by atoms with E-state index in [1.807, 2.05) is 0 Å². The van der Waals surface area contributed by atoms with Gasteiger partial charge in [-0.3, -0.25) is 9.59 Å². The van der Waals surface area contributed by atoms with Gasteiger partial charge in [0.1, 0.15) is 6.61 Å². The molecule has 9 nitrogen and oxygen atoms in total. The van der Waals surface area contributed by atoms with Crippen LogP contribution in [0, 0.1) is 35.5 Å². The Kier molecular flexibility index (Phi) is 36.8.